The molecule has 0 heterocycles. The van der Waals surface area contributed by atoms with E-state index in [1.165, 1.54) is 52.1 Å². The van der Waals surface area contributed by atoms with Gasteiger partial charge in [-0.25, -0.2) is 4.79 Å². The van der Waals surface area contributed by atoms with E-state index in [2.05, 4.69) is 22.9 Å². The Morgan fingerprint density at radius 2 is 1.58 bits per heavy atom. The second kappa shape index (κ2) is 17.5. The predicted octanol–water partition coefficient (Wildman–Crippen LogP) is 6.95. The Morgan fingerprint density at radius 3 is 2.25 bits per heavy atom. The maximum absolute atomic E-state index is 12.6. The van der Waals surface area contributed by atoms with Crippen LogP contribution in [-0.4, -0.2) is 44.2 Å². The van der Waals surface area contributed by atoms with Crippen LogP contribution >= 0.6 is 11.8 Å². The van der Waals surface area contributed by atoms with Gasteiger partial charge in [0.05, 0.1) is 19.4 Å². The Morgan fingerprint density at radius 1 is 0.889 bits per heavy atom. The molecule has 0 atom stereocenters. The van der Waals surface area contributed by atoms with Crippen LogP contribution in [0.15, 0.2) is 42.5 Å². The molecule has 0 spiro atoms. The number of hydrogen-bond acceptors (Lipinski definition) is 5. The summed E-state index contributed by atoms with van der Waals surface area (Å²) in [6, 6.07) is 11.8. The van der Waals surface area contributed by atoms with Crippen LogP contribution < -0.4 is 25.4 Å². The van der Waals surface area contributed by atoms with Gasteiger partial charge in [0, 0.05) is 23.5 Å². The number of ether oxygens (including phenoxy) is 2. The molecule has 0 radical (unpaired) electrons. The fourth-order valence-electron chi connectivity index (χ4n) is 3.66. The van der Waals surface area contributed by atoms with E-state index in [0.717, 1.165) is 17.9 Å². The zero-order chi connectivity index (χ0) is 26.0. The predicted molar refractivity (Wildman–Crippen MR) is 151 cm³/mol. The number of hydrogen-bond donors (Lipinski definition) is 3. The lowest BCUT2D eigenvalue weighted by Gasteiger charge is -2.13. The summed E-state index contributed by atoms with van der Waals surface area (Å²) in [6.45, 7) is 3.51. The molecule has 0 fully saturated rings. The van der Waals surface area contributed by atoms with E-state index in [1.54, 1.807) is 42.1 Å². The van der Waals surface area contributed by atoms with Gasteiger partial charge in [0.2, 0.25) is 0 Å². The van der Waals surface area contributed by atoms with E-state index < -0.39 is 6.03 Å². The molecule has 2 rings (SSSR count). The highest BCUT2D eigenvalue weighted by molar-refractivity contribution is 7.98. The van der Waals surface area contributed by atoms with Crippen LogP contribution in [0.1, 0.15) is 68.6 Å². The molecule has 0 aliphatic carbocycles. The van der Waals surface area contributed by atoms with Crippen LogP contribution in [0, 0.1) is 0 Å². The smallest absolute Gasteiger partial charge is 0.323 e. The van der Waals surface area contributed by atoms with Crippen LogP contribution in [0.3, 0.4) is 0 Å². The van der Waals surface area contributed by atoms with E-state index >= 15 is 0 Å². The zero-order valence-corrected chi connectivity index (χ0v) is 22.7. The minimum atomic E-state index is -0.430. The van der Waals surface area contributed by atoms with E-state index in [0.29, 0.717) is 35.8 Å². The molecule has 0 saturated carbocycles. The second-order valence-electron chi connectivity index (χ2n) is 8.59. The van der Waals surface area contributed by atoms with Crippen LogP contribution in [0.4, 0.5) is 16.2 Å². The van der Waals surface area contributed by atoms with Crippen molar-refractivity contribution in [3.8, 4) is 11.5 Å². The number of unbranched alkanes of at least 4 members (excludes halogenated alkanes) is 7. The number of amides is 3. The number of anilines is 2. The summed E-state index contributed by atoms with van der Waals surface area (Å²) in [5, 5.41) is 8.42. The number of nitrogens with one attached hydrogen (secondary N) is 3. The van der Waals surface area contributed by atoms with Crippen molar-refractivity contribution in [1.29, 1.82) is 0 Å². The summed E-state index contributed by atoms with van der Waals surface area (Å²) in [7, 11) is 1.52. The summed E-state index contributed by atoms with van der Waals surface area (Å²) in [6.07, 6.45) is 12.1. The first-order chi connectivity index (χ1) is 17.6. The quantitative estimate of drug-likeness (QED) is 0.198. The highest BCUT2D eigenvalue weighted by atomic mass is 32.2. The van der Waals surface area contributed by atoms with Gasteiger partial charge in [-0.05, 0) is 55.1 Å². The Hall–Kier alpha value is -2.87. The lowest BCUT2D eigenvalue weighted by Crippen LogP contribution is -2.26. The monoisotopic (exact) mass is 515 g/mol. The Bertz CT molecular complexity index is 922. The van der Waals surface area contributed by atoms with Crippen LogP contribution in [0.5, 0.6) is 11.5 Å². The average molecular weight is 516 g/mol. The van der Waals surface area contributed by atoms with Gasteiger partial charge in [0.25, 0.3) is 5.91 Å². The van der Waals surface area contributed by atoms with Crippen LogP contribution in [0.2, 0.25) is 0 Å². The maximum atomic E-state index is 12.6. The molecule has 0 saturated heterocycles. The van der Waals surface area contributed by atoms with Gasteiger partial charge in [-0.1, -0.05) is 51.9 Å². The molecule has 8 heteroatoms. The number of carbonyl (C=O) groups is 2. The summed E-state index contributed by atoms with van der Waals surface area (Å²) in [5.74, 6) is 1.89. The fraction of sp³-hybridized carbons (Fsp3) is 0.500. The molecule has 0 bridgehead atoms. The van der Waals surface area contributed by atoms with Gasteiger partial charge in [0.1, 0.15) is 11.5 Å². The van der Waals surface area contributed by atoms with E-state index in [9.17, 15) is 9.59 Å². The van der Waals surface area contributed by atoms with E-state index in [4.69, 9.17) is 9.47 Å². The molecular weight excluding hydrogens is 474 g/mol. The normalized spacial score (nSPS) is 10.5. The number of urea groups is 1. The van der Waals surface area contributed by atoms with Crippen molar-refractivity contribution in [2.45, 2.75) is 58.3 Å². The molecule has 0 unspecified atom stereocenters. The highest BCUT2D eigenvalue weighted by Crippen LogP contribution is 2.26. The molecule has 2 aromatic rings. The van der Waals surface area contributed by atoms with Gasteiger partial charge < -0.3 is 25.4 Å². The highest BCUT2D eigenvalue weighted by Gasteiger charge is 2.12. The van der Waals surface area contributed by atoms with Crippen molar-refractivity contribution in [3.05, 3.63) is 48.0 Å². The molecule has 198 valence electrons. The first-order valence-corrected chi connectivity index (χ1v) is 14.2. The molecular formula is C28H41N3O4S. The SMILES string of the molecule is CCCCCCCCCCOc1ccc(NC(=O)Nc2cc(C(=O)NCCSC)ccc2OC)cc1. The fourth-order valence-corrected chi connectivity index (χ4v) is 3.97. The van der Waals surface area contributed by atoms with Crippen LogP contribution in [-0.2, 0) is 0 Å². The number of methoxy groups -OCH3 is 1. The summed E-state index contributed by atoms with van der Waals surface area (Å²) >= 11 is 1.66. The molecule has 3 amide bonds. The van der Waals surface area contributed by atoms with Crippen LogP contribution in [0.25, 0.3) is 0 Å². The van der Waals surface area contributed by atoms with E-state index in [-0.39, 0.29) is 5.91 Å². The van der Waals surface area contributed by atoms with Gasteiger partial charge in [-0.2, -0.15) is 11.8 Å². The standard InChI is InChI=1S/C28H41N3O4S/c1-4-5-6-7-8-9-10-11-19-35-24-15-13-23(14-16-24)30-28(33)31-25-21-22(12-17-26(25)34-2)27(32)29-18-20-36-3/h12-17,21H,4-11,18-20H2,1-3H3,(H,29,32)(H2,30,31,33). The summed E-state index contributed by atoms with van der Waals surface area (Å²) in [4.78, 5) is 24.9. The number of thioether (sulfide) groups is 1. The van der Waals surface area contributed by atoms with Gasteiger partial charge in [-0.15, -0.1) is 0 Å². The largest absolute Gasteiger partial charge is 0.495 e. The third-order valence-electron chi connectivity index (χ3n) is 5.68. The second-order valence-corrected chi connectivity index (χ2v) is 9.58. The Kier molecular flexibility index (Phi) is 14.3. The number of rotatable bonds is 17. The number of carbonyl (C=O) groups excluding carboxylic acids is 2. The van der Waals surface area contributed by atoms with Gasteiger partial charge in [-0.3, -0.25) is 4.79 Å². The van der Waals surface area contributed by atoms with E-state index in [1.807, 2.05) is 18.4 Å². The maximum Gasteiger partial charge on any atom is 0.323 e. The van der Waals surface area contributed by atoms with Crippen molar-refractivity contribution in [2.75, 3.05) is 42.9 Å². The van der Waals surface area contributed by atoms with Crippen molar-refractivity contribution < 1.29 is 19.1 Å². The third-order valence-corrected chi connectivity index (χ3v) is 6.29. The topological polar surface area (TPSA) is 88.7 Å². The third kappa shape index (κ3) is 11.2. The molecule has 0 aliphatic heterocycles. The van der Waals surface area contributed by atoms with Crippen molar-refractivity contribution in [2.24, 2.45) is 0 Å². The molecule has 2 aromatic carbocycles. The first kappa shape index (κ1) is 29.4. The molecule has 0 aliphatic rings. The molecule has 7 nitrogen and oxygen atoms in total. The summed E-state index contributed by atoms with van der Waals surface area (Å²) < 4.78 is 11.2. The van der Waals surface area contributed by atoms with Crippen molar-refractivity contribution in [1.82, 2.24) is 5.32 Å². The van der Waals surface area contributed by atoms with Gasteiger partial charge >= 0.3 is 6.03 Å². The molecule has 0 aromatic heterocycles. The molecule has 3 N–H and O–H groups in total. The Labute approximate surface area is 220 Å². The first-order valence-electron chi connectivity index (χ1n) is 12.8. The van der Waals surface area contributed by atoms with Crippen molar-refractivity contribution >= 4 is 35.1 Å². The lowest BCUT2D eigenvalue weighted by atomic mass is 10.1. The minimum absolute atomic E-state index is 0.197. The minimum Gasteiger partial charge on any atom is -0.495 e. The average Bonchev–Trinajstić information content (AvgIpc) is 2.88. The lowest BCUT2D eigenvalue weighted by molar-refractivity contribution is 0.0956. The van der Waals surface area contributed by atoms with Gasteiger partial charge in [0.15, 0.2) is 0 Å². The number of benzene rings is 2. The summed E-state index contributed by atoms with van der Waals surface area (Å²) in [5.41, 5.74) is 1.50. The zero-order valence-electron chi connectivity index (χ0n) is 21.9. The van der Waals surface area contributed by atoms with Crippen molar-refractivity contribution in [3.63, 3.8) is 0 Å². The molecule has 36 heavy (non-hydrogen) atoms. The Balaban J connectivity index is 1.78.